The van der Waals surface area contributed by atoms with E-state index in [-0.39, 0.29) is 17.7 Å². The Morgan fingerprint density at radius 2 is 1.83 bits per heavy atom. The number of carbonyl (C=O) groups excluding carboxylic acids is 1. The number of benzene rings is 1. The lowest BCUT2D eigenvalue weighted by atomic mass is 9.89. The Bertz CT molecular complexity index is 580. The van der Waals surface area contributed by atoms with Crippen LogP contribution in [0.25, 0.3) is 0 Å². The number of carboxylic acid groups (broad SMARTS) is 1. The third kappa shape index (κ3) is 3.63. The number of amides is 1. The quantitative estimate of drug-likeness (QED) is 0.899. The monoisotopic (exact) mass is 329 g/mol. The molecule has 3 rings (SSSR count). The first kappa shape index (κ1) is 17.0. The van der Waals surface area contributed by atoms with E-state index >= 15 is 0 Å². The molecule has 24 heavy (non-hydrogen) atoms. The van der Waals surface area contributed by atoms with Gasteiger partial charge in [-0.1, -0.05) is 62.9 Å². The molecule has 1 N–H and O–H groups in total. The Kier molecular flexibility index (Phi) is 5.22. The van der Waals surface area contributed by atoms with Gasteiger partial charge in [-0.15, -0.1) is 0 Å². The molecule has 0 bridgehead atoms. The third-order valence-corrected chi connectivity index (χ3v) is 5.76. The van der Waals surface area contributed by atoms with E-state index in [1.165, 1.54) is 25.7 Å². The van der Waals surface area contributed by atoms with E-state index in [1.54, 1.807) is 4.90 Å². The van der Waals surface area contributed by atoms with Crippen molar-refractivity contribution in [1.29, 1.82) is 0 Å². The van der Waals surface area contributed by atoms with Crippen molar-refractivity contribution >= 4 is 11.9 Å². The molecule has 4 heteroatoms. The normalized spacial score (nSPS) is 25.8. The predicted molar refractivity (Wildman–Crippen MR) is 92.6 cm³/mol. The molecule has 1 aliphatic heterocycles. The zero-order chi connectivity index (χ0) is 17.1. The Hall–Kier alpha value is -1.84. The highest BCUT2D eigenvalue weighted by molar-refractivity contribution is 5.81. The average molecular weight is 329 g/mol. The number of nitrogens with zero attached hydrogens (tertiary/aromatic N) is 1. The second-order valence-electron chi connectivity index (χ2n) is 7.49. The van der Waals surface area contributed by atoms with Gasteiger partial charge in [0, 0.05) is 24.9 Å². The van der Waals surface area contributed by atoms with Crippen LogP contribution in [0.5, 0.6) is 0 Å². The summed E-state index contributed by atoms with van der Waals surface area (Å²) in [6.07, 6.45) is 5.99. The van der Waals surface area contributed by atoms with E-state index < -0.39 is 11.9 Å². The summed E-state index contributed by atoms with van der Waals surface area (Å²) in [5.41, 5.74) is 1.02. The molecule has 2 fully saturated rings. The summed E-state index contributed by atoms with van der Waals surface area (Å²) >= 11 is 0. The van der Waals surface area contributed by atoms with E-state index in [9.17, 15) is 14.7 Å². The van der Waals surface area contributed by atoms with Crippen LogP contribution in [0, 0.1) is 17.8 Å². The summed E-state index contributed by atoms with van der Waals surface area (Å²) in [5.74, 6) is -0.612. The maximum absolute atomic E-state index is 12.8. The van der Waals surface area contributed by atoms with Gasteiger partial charge in [-0.05, 0) is 17.9 Å². The Balaban J connectivity index is 1.68. The molecule has 1 aromatic rings. The van der Waals surface area contributed by atoms with E-state index in [0.29, 0.717) is 19.0 Å². The number of hydrogen-bond donors (Lipinski definition) is 1. The molecule has 4 nitrogen and oxygen atoms in total. The number of likely N-dealkylation sites (tertiary alicyclic amines) is 1. The van der Waals surface area contributed by atoms with Gasteiger partial charge in [-0.3, -0.25) is 9.59 Å². The van der Waals surface area contributed by atoms with Gasteiger partial charge in [0.2, 0.25) is 5.91 Å². The van der Waals surface area contributed by atoms with E-state index in [1.807, 2.05) is 37.3 Å². The van der Waals surface area contributed by atoms with E-state index in [2.05, 4.69) is 0 Å². The maximum atomic E-state index is 12.8. The lowest BCUT2D eigenvalue weighted by Gasteiger charge is -2.23. The minimum Gasteiger partial charge on any atom is -0.481 e. The van der Waals surface area contributed by atoms with Gasteiger partial charge < -0.3 is 10.0 Å². The van der Waals surface area contributed by atoms with E-state index in [4.69, 9.17) is 0 Å². The van der Waals surface area contributed by atoms with Crippen LogP contribution in [0.4, 0.5) is 0 Å². The van der Waals surface area contributed by atoms with Crippen LogP contribution in [0.15, 0.2) is 30.3 Å². The fraction of sp³-hybridized carbons (Fsp3) is 0.600. The molecule has 1 saturated carbocycles. The Labute approximate surface area is 143 Å². The molecular weight excluding hydrogens is 302 g/mol. The number of hydrogen-bond acceptors (Lipinski definition) is 2. The zero-order valence-corrected chi connectivity index (χ0v) is 14.4. The largest absolute Gasteiger partial charge is 0.481 e. The first-order valence-corrected chi connectivity index (χ1v) is 9.12. The smallest absolute Gasteiger partial charge is 0.308 e. The number of aliphatic carboxylic acids is 1. The number of rotatable bonds is 5. The molecule has 2 aliphatic rings. The molecule has 130 valence electrons. The summed E-state index contributed by atoms with van der Waals surface area (Å²) in [6, 6.07) is 9.73. The van der Waals surface area contributed by atoms with Gasteiger partial charge in [0.05, 0.1) is 5.92 Å². The highest BCUT2D eigenvalue weighted by Gasteiger charge is 2.41. The van der Waals surface area contributed by atoms with Crippen LogP contribution < -0.4 is 0 Å². The van der Waals surface area contributed by atoms with Crippen molar-refractivity contribution in [2.45, 2.75) is 44.9 Å². The topological polar surface area (TPSA) is 57.6 Å². The molecule has 3 atom stereocenters. The summed E-state index contributed by atoms with van der Waals surface area (Å²) in [4.78, 5) is 26.3. The summed E-state index contributed by atoms with van der Waals surface area (Å²) < 4.78 is 0. The van der Waals surface area contributed by atoms with Gasteiger partial charge >= 0.3 is 5.97 Å². The predicted octanol–water partition coefficient (Wildman–Crippen LogP) is 3.53. The van der Waals surface area contributed by atoms with Crippen LogP contribution in [0.2, 0.25) is 0 Å². The van der Waals surface area contributed by atoms with Crippen LogP contribution in [0.1, 0.15) is 50.5 Å². The molecule has 1 aromatic carbocycles. The van der Waals surface area contributed by atoms with Gasteiger partial charge in [-0.25, -0.2) is 0 Å². The van der Waals surface area contributed by atoms with Crippen LogP contribution >= 0.6 is 0 Å². The van der Waals surface area contributed by atoms with Crippen LogP contribution in [-0.2, 0) is 9.59 Å². The highest BCUT2D eigenvalue weighted by atomic mass is 16.4. The zero-order valence-electron chi connectivity index (χ0n) is 14.4. The molecule has 1 saturated heterocycles. The molecule has 3 unspecified atom stereocenters. The standard InChI is InChI=1S/C20H27NO3/c1-14(11-15-7-5-6-8-15)19(22)21-12-17(18(13-21)20(23)24)16-9-3-2-4-10-16/h2-4,9-10,14-15,17-18H,5-8,11-13H2,1H3,(H,23,24). The SMILES string of the molecule is CC(CC1CCCC1)C(=O)N1CC(C(=O)O)C(c2ccccc2)C1. The van der Waals surface area contributed by atoms with Crippen LogP contribution in [0.3, 0.4) is 0 Å². The lowest BCUT2D eigenvalue weighted by Crippen LogP contribution is -2.34. The fourth-order valence-corrected chi connectivity index (χ4v) is 4.43. The molecular formula is C20H27NO3. The second-order valence-corrected chi connectivity index (χ2v) is 7.49. The fourth-order valence-electron chi connectivity index (χ4n) is 4.43. The highest BCUT2D eigenvalue weighted by Crippen LogP contribution is 2.35. The Morgan fingerprint density at radius 1 is 1.17 bits per heavy atom. The molecule has 1 heterocycles. The average Bonchev–Trinajstić information content (AvgIpc) is 3.24. The lowest BCUT2D eigenvalue weighted by molar-refractivity contribution is -0.142. The van der Waals surface area contributed by atoms with Crippen molar-refractivity contribution in [2.24, 2.45) is 17.8 Å². The molecule has 1 amide bonds. The molecule has 0 spiro atoms. The second kappa shape index (κ2) is 7.37. The number of carboxylic acids is 1. The van der Waals surface area contributed by atoms with Crippen molar-refractivity contribution < 1.29 is 14.7 Å². The van der Waals surface area contributed by atoms with Gasteiger partial charge in [-0.2, -0.15) is 0 Å². The molecule has 1 aliphatic carbocycles. The van der Waals surface area contributed by atoms with Crippen molar-refractivity contribution in [3.05, 3.63) is 35.9 Å². The minimum atomic E-state index is -0.803. The van der Waals surface area contributed by atoms with Gasteiger partial charge in [0.15, 0.2) is 0 Å². The summed E-state index contributed by atoms with van der Waals surface area (Å²) in [7, 11) is 0. The number of carbonyl (C=O) groups is 2. The van der Waals surface area contributed by atoms with Crippen molar-refractivity contribution in [3.63, 3.8) is 0 Å². The van der Waals surface area contributed by atoms with Crippen molar-refractivity contribution in [1.82, 2.24) is 4.90 Å². The van der Waals surface area contributed by atoms with Crippen molar-refractivity contribution in [3.8, 4) is 0 Å². The van der Waals surface area contributed by atoms with E-state index in [0.717, 1.165) is 12.0 Å². The minimum absolute atomic E-state index is 0.00271. The summed E-state index contributed by atoms with van der Waals surface area (Å²) in [6.45, 7) is 2.86. The van der Waals surface area contributed by atoms with Gasteiger partial charge in [0.25, 0.3) is 0 Å². The van der Waals surface area contributed by atoms with Crippen LogP contribution in [-0.4, -0.2) is 35.0 Å². The third-order valence-electron chi connectivity index (χ3n) is 5.76. The maximum Gasteiger partial charge on any atom is 0.308 e. The molecule has 0 radical (unpaired) electrons. The first-order valence-electron chi connectivity index (χ1n) is 9.12. The molecule has 0 aromatic heterocycles. The first-order chi connectivity index (χ1) is 11.6. The van der Waals surface area contributed by atoms with Gasteiger partial charge in [0.1, 0.15) is 0 Å². The van der Waals surface area contributed by atoms with Crippen molar-refractivity contribution in [2.75, 3.05) is 13.1 Å². The Morgan fingerprint density at radius 3 is 2.46 bits per heavy atom. The summed E-state index contributed by atoms with van der Waals surface area (Å²) in [5, 5.41) is 9.57.